The van der Waals surface area contributed by atoms with Crippen LogP contribution in [0.25, 0.3) is 0 Å². The highest BCUT2D eigenvalue weighted by Crippen LogP contribution is 2.33. The van der Waals surface area contributed by atoms with E-state index in [9.17, 15) is 0 Å². The molecule has 1 heterocycles. The molecule has 3 rings (SSSR count). The summed E-state index contributed by atoms with van der Waals surface area (Å²) in [5, 5.41) is 7.65. The third kappa shape index (κ3) is 2.58. The predicted molar refractivity (Wildman–Crippen MR) is 76.3 cm³/mol. The SMILES string of the molecule is Cc1csc(C(NC2CC2)c2ccccc2Cl)n1. The van der Waals surface area contributed by atoms with E-state index in [1.54, 1.807) is 11.3 Å². The van der Waals surface area contributed by atoms with Crippen LogP contribution in [0.15, 0.2) is 29.6 Å². The van der Waals surface area contributed by atoms with Crippen molar-refractivity contribution in [3.63, 3.8) is 0 Å². The molecule has 2 aromatic rings. The molecule has 0 amide bonds. The van der Waals surface area contributed by atoms with Gasteiger partial charge < -0.3 is 5.32 Å². The number of hydrogen-bond donors (Lipinski definition) is 1. The zero-order chi connectivity index (χ0) is 12.5. The Hall–Kier alpha value is -0.900. The Morgan fingerprint density at radius 2 is 2.17 bits per heavy atom. The number of benzene rings is 1. The lowest BCUT2D eigenvalue weighted by Crippen LogP contribution is -2.24. The van der Waals surface area contributed by atoms with Gasteiger partial charge in [-0.3, -0.25) is 0 Å². The second kappa shape index (κ2) is 5.00. The van der Waals surface area contributed by atoms with Crippen molar-refractivity contribution in [2.24, 2.45) is 0 Å². The first-order chi connectivity index (χ1) is 8.74. The van der Waals surface area contributed by atoms with Crippen molar-refractivity contribution in [3.05, 3.63) is 50.9 Å². The van der Waals surface area contributed by atoms with Crippen LogP contribution in [0.2, 0.25) is 5.02 Å². The minimum absolute atomic E-state index is 0.130. The van der Waals surface area contributed by atoms with Crippen molar-refractivity contribution < 1.29 is 0 Å². The lowest BCUT2D eigenvalue weighted by Gasteiger charge is -2.18. The number of nitrogens with one attached hydrogen (secondary N) is 1. The Morgan fingerprint density at radius 1 is 1.39 bits per heavy atom. The van der Waals surface area contributed by atoms with E-state index in [1.807, 2.05) is 25.1 Å². The van der Waals surface area contributed by atoms with Crippen molar-refractivity contribution in [3.8, 4) is 0 Å². The van der Waals surface area contributed by atoms with Gasteiger partial charge in [-0.1, -0.05) is 29.8 Å². The fourth-order valence-electron chi connectivity index (χ4n) is 1.99. The lowest BCUT2D eigenvalue weighted by molar-refractivity contribution is 0.597. The fraction of sp³-hybridized carbons (Fsp3) is 0.357. The number of nitrogens with zero attached hydrogens (tertiary/aromatic N) is 1. The van der Waals surface area contributed by atoms with Gasteiger partial charge in [-0.05, 0) is 31.4 Å². The fourth-order valence-corrected chi connectivity index (χ4v) is 3.11. The van der Waals surface area contributed by atoms with Crippen molar-refractivity contribution in [2.45, 2.75) is 31.8 Å². The van der Waals surface area contributed by atoms with E-state index in [1.165, 1.54) is 12.8 Å². The van der Waals surface area contributed by atoms with Gasteiger partial charge in [0.25, 0.3) is 0 Å². The van der Waals surface area contributed by atoms with Gasteiger partial charge in [0, 0.05) is 22.1 Å². The Kier molecular flexibility index (Phi) is 3.37. The Bertz CT molecular complexity index is 548. The Balaban J connectivity index is 1.96. The molecule has 0 bridgehead atoms. The molecule has 0 radical (unpaired) electrons. The van der Waals surface area contributed by atoms with Crippen LogP contribution < -0.4 is 5.32 Å². The monoisotopic (exact) mass is 278 g/mol. The summed E-state index contributed by atoms with van der Waals surface area (Å²) in [6.07, 6.45) is 2.51. The zero-order valence-electron chi connectivity index (χ0n) is 10.2. The molecule has 1 unspecified atom stereocenters. The van der Waals surface area contributed by atoms with Crippen LogP contribution in [-0.2, 0) is 0 Å². The maximum atomic E-state index is 6.32. The predicted octanol–water partition coefficient (Wildman–Crippen LogP) is 3.95. The second-order valence-corrected chi connectivity index (χ2v) is 6.02. The first-order valence-electron chi connectivity index (χ1n) is 6.16. The lowest BCUT2D eigenvalue weighted by atomic mass is 10.1. The van der Waals surface area contributed by atoms with Gasteiger partial charge in [-0.15, -0.1) is 11.3 Å². The number of rotatable bonds is 4. The van der Waals surface area contributed by atoms with E-state index in [-0.39, 0.29) is 6.04 Å². The van der Waals surface area contributed by atoms with Crippen LogP contribution in [0.3, 0.4) is 0 Å². The minimum Gasteiger partial charge on any atom is -0.301 e. The van der Waals surface area contributed by atoms with E-state index >= 15 is 0 Å². The number of hydrogen-bond acceptors (Lipinski definition) is 3. The number of aromatic nitrogens is 1. The molecule has 1 fully saturated rings. The molecule has 1 aliphatic rings. The first kappa shape index (κ1) is 12.2. The van der Waals surface area contributed by atoms with Crippen LogP contribution in [0.4, 0.5) is 0 Å². The summed E-state index contributed by atoms with van der Waals surface area (Å²) in [5.41, 5.74) is 2.20. The highest BCUT2D eigenvalue weighted by atomic mass is 35.5. The highest BCUT2D eigenvalue weighted by Gasteiger charge is 2.28. The van der Waals surface area contributed by atoms with Crippen LogP contribution in [0.1, 0.15) is 35.1 Å². The molecule has 2 nitrogen and oxygen atoms in total. The molecule has 94 valence electrons. The second-order valence-electron chi connectivity index (χ2n) is 4.72. The largest absolute Gasteiger partial charge is 0.301 e. The van der Waals surface area contributed by atoms with Gasteiger partial charge in [0.2, 0.25) is 0 Å². The van der Waals surface area contributed by atoms with Crippen molar-refractivity contribution in [2.75, 3.05) is 0 Å². The average molecular weight is 279 g/mol. The van der Waals surface area contributed by atoms with E-state index in [0.717, 1.165) is 21.3 Å². The maximum absolute atomic E-state index is 6.32. The topological polar surface area (TPSA) is 24.9 Å². The molecule has 1 aromatic heterocycles. The van der Waals surface area contributed by atoms with E-state index in [0.29, 0.717) is 6.04 Å². The van der Waals surface area contributed by atoms with Crippen LogP contribution in [0, 0.1) is 6.92 Å². The molecular weight excluding hydrogens is 264 g/mol. The number of thiazole rings is 1. The standard InChI is InChI=1S/C14H15ClN2S/c1-9-8-18-14(16-9)13(17-10-6-7-10)11-4-2-3-5-12(11)15/h2-5,8,10,13,17H,6-7H2,1H3. The third-order valence-corrected chi connectivity index (χ3v) is 4.45. The summed E-state index contributed by atoms with van der Waals surface area (Å²) >= 11 is 8.02. The molecule has 4 heteroatoms. The Morgan fingerprint density at radius 3 is 2.78 bits per heavy atom. The smallest absolute Gasteiger partial charge is 0.114 e. The zero-order valence-corrected chi connectivity index (χ0v) is 11.8. The van der Waals surface area contributed by atoms with Crippen LogP contribution in [-0.4, -0.2) is 11.0 Å². The number of halogens is 1. The molecular formula is C14H15ClN2S. The van der Waals surface area contributed by atoms with Gasteiger partial charge in [-0.2, -0.15) is 0 Å². The summed E-state index contributed by atoms with van der Waals surface area (Å²) in [6, 6.07) is 8.77. The molecule has 1 aromatic carbocycles. The van der Waals surface area contributed by atoms with E-state index < -0.39 is 0 Å². The van der Waals surface area contributed by atoms with Gasteiger partial charge in [0.15, 0.2) is 0 Å². The molecule has 1 aliphatic carbocycles. The van der Waals surface area contributed by atoms with Gasteiger partial charge >= 0.3 is 0 Å². The summed E-state index contributed by atoms with van der Waals surface area (Å²) in [7, 11) is 0. The summed E-state index contributed by atoms with van der Waals surface area (Å²) in [5.74, 6) is 0. The molecule has 1 saturated carbocycles. The first-order valence-corrected chi connectivity index (χ1v) is 7.42. The summed E-state index contributed by atoms with van der Waals surface area (Å²) in [4.78, 5) is 4.61. The molecule has 0 aliphatic heterocycles. The quantitative estimate of drug-likeness (QED) is 0.916. The molecule has 0 saturated heterocycles. The van der Waals surface area contributed by atoms with Gasteiger partial charge in [0.1, 0.15) is 5.01 Å². The molecule has 0 spiro atoms. The molecule has 1 N–H and O–H groups in total. The van der Waals surface area contributed by atoms with Gasteiger partial charge in [0.05, 0.1) is 6.04 Å². The molecule has 1 atom stereocenters. The molecule has 18 heavy (non-hydrogen) atoms. The van der Waals surface area contributed by atoms with Crippen molar-refractivity contribution in [1.82, 2.24) is 10.3 Å². The Labute approximate surface area is 116 Å². The maximum Gasteiger partial charge on any atom is 0.114 e. The number of aryl methyl sites for hydroxylation is 1. The van der Waals surface area contributed by atoms with Gasteiger partial charge in [-0.25, -0.2) is 4.98 Å². The van der Waals surface area contributed by atoms with E-state index in [2.05, 4.69) is 21.7 Å². The van der Waals surface area contributed by atoms with Crippen LogP contribution in [0.5, 0.6) is 0 Å². The van der Waals surface area contributed by atoms with E-state index in [4.69, 9.17) is 11.6 Å². The minimum atomic E-state index is 0.130. The van der Waals surface area contributed by atoms with Crippen molar-refractivity contribution in [1.29, 1.82) is 0 Å². The summed E-state index contributed by atoms with van der Waals surface area (Å²) in [6.45, 7) is 2.03. The average Bonchev–Trinajstić information content (AvgIpc) is 3.08. The normalized spacial score (nSPS) is 16.8. The van der Waals surface area contributed by atoms with Crippen molar-refractivity contribution >= 4 is 22.9 Å². The summed E-state index contributed by atoms with van der Waals surface area (Å²) < 4.78 is 0. The van der Waals surface area contributed by atoms with Crippen LogP contribution >= 0.6 is 22.9 Å². The highest BCUT2D eigenvalue weighted by molar-refractivity contribution is 7.09. The third-order valence-electron chi connectivity index (χ3n) is 3.08.